The molecule has 0 amide bonds. The summed E-state index contributed by atoms with van der Waals surface area (Å²) in [7, 11) is -3.50. The smallest absolute Gasteiger partial charge is 0.306 e. The second-order valence-electron chi connectivity index (χ2n) is 3.41. The third-order valence-electron chi connectivity index (χ3n) is 1.99. The predicted molar refractivity (Wildman–Crippen MR) is 56.4 cm³/mol. The van der Waals surface area contributed by atoms with E-state index in [-0.39, 0.29) is 12.0 Å². The first-order valence-electron chi connectivity index (χ1n) is 4.75. The maximum Gasteiger partial charge on any atom is 0.306 e. The van der Waals surface area contributed by atoms with E-state index in [0.717, 1.165) is 12.8 Å². The highest BCUT2D eigenvalue weighted by atomic mass is 32.2. The number of nitrogens with one attached hydrogen (secondary N) is 1. The zero-order valence-electron chi connectivity index (χ0n) is 8.71. The van der Waals surface area contributed by atoms with E-state index in [1.807, 2.05) is 0 Å². The molecule has 6 nitrogen and oxygen atoms in total. The van der Waals surface area contributed by atoms with E-state index in [4.69, 9.17) is 4.74 Å². The number of aromatic nitrogens is 1. The molecule has 0 radical (unpaired) electrons. The number of hydrogen-bond donors (Lipinski definition) is 1. The van der Waals surface area contributed by atoms with Gasteiger partial charge in [-0.25, -0.2) is 0 Å². The molecule has 1 unspecified atom stereocenters. The minimum absolute atomic E-state index is 0.198. The van der Waals surface area contributed by atoms with Gasteiger partial charge in [-0.3, -0.25) is 10.3 Å². The van der Waals surface area contributed by atoms with E-state index in [0.29, 0.717) is 12.3 Å². The van der Waals surface area contributed by atoms with Gasteiger partial charge in [-0.2, -0.15) is 8.42 Å². The zero-order chi connectivity index (χ0) is 11.6. The van der Waals surface area contributed by atoms with Crippen LogP contribution < -0.4 is 9.50 Å². The van der Waals surface area contributed by atoms with Crippen LogP contribution in [-0.2, 0) is 14.9 Å². The highest BCUT2D eigenvalue weighted by Crippen LogP contribution is 2.18. The molecule has 1 aliphatic heterocycles. The molecule has 7 heteroatoms. The second-order valence-corrected chi connectivity index (χ2v) is 4.99. The quantitative estimate of drug-likeness (QED) is 0.756. The van der Waals surface area contributed by atoms with Gasteiger partial charge in [0, 0.05) is 6.54 Å². The van der Waals surface area contributed by atoms with Crippen LogP contribution in [0.2, 0.25) is 0 Å². The topological polar surface area (TPSA) is 77.5 Å². The summed E-state index contributed by atoms with van der Waals surface area (Å²) < 4.78 is 31.7. The van der Waals surface area contributed by atoms with Crippen LogP contribution in [-0.4, -0.2) is 32.8 Å². The molecule has 2 heterocycles. The van der Waals surface area contributed by atoms with E-state index in [2.05, 4.69) is 14.5 Å². The maximum atomic E-state index is 10.9. The molecule has 1 aromatic rings. The number of nitrogens with zero attached hydrogens (tertiary/aromatic N) is 1. The first-order chi connectivity index (χ1) is 7.54. The van der Waals surface area contributed by atoms with E-state index >= 15 is 0 Å². The van der Waals surface area contributed by atoms with E-state index in [1.54, 1.807) is 12.1 Å². The molecule has 0 saturated carbocycles. The number of ether oxygens (including phenoxy) is 1. The molecule has 1 fully saturated rings. The molecule has 2 rings (SSSR count). The van der Waals surface area contributed by atoms with Crippen molar-refractivity contribution in [3.63, 3.8) is 0 Å². The molecule has 0 spiro atoms. The fraction of sp³-hybridized carbons (Fsp3) is 0.444. The van der Waals surface area contributed by atoms with Gasteiger partial charge in [-0.05, 0) is 12.1 Å². The van der Waals surface area contributed by atoms with Crippen molar-refractivity contribution in [2.75, 3.05) is 19.4 Å². The third kappa shape index (κ3) is 2.91. The molecule has 0 aromatic carbocycles. The molecule has 0 bridgehead atoms. The Morgan fingerprint density at radius 2 is 2.38 bits per heavy atom. The normalized spacial score (nSPS) is 20.9. The summed E-state index contributed by atoms with van der Waals surface area (Å²) in [5, 5.41) is 3.10. The minimum atomic E-state index is -3.50. The molecule has 1 atom stereocenters. The summed E-state index contributed by atoms with van der Waals surface area (Å²) in [6.07, 6.45) is 2.13. The summed E-state index contributed by atoms with van der Waals surface area (Å²) in [4.78, 5) is 4.07. The summed E-state index contributed by atoms with van der Waals surface area (Å²) in [5.74, 6) is 0.198. The maximum absolute atomic E-state index is 10.9. The van der Waals surface area contributed by atoms with Gasteiger partial charge >= 0.3 is 10.1 Å². The Balaban J connectivity index is 2.10. The Bertz CT molecular complexity index is 451. The van der Waals surface area contributed by atoms with E-state index in [1.165, 1.54) is 6.20 Å². The number of hydrogen-bond acceptors (Lipinski definition) is 6. The van der Waals surface area contributed by atoms with Crippen LogP contribution in [0.15, 0.2) is 18.3 Å². The predicted octanol–water partition coefficient (Wildman–Crippen LogP) is 0.0384. The van der Waals surface area contributed by atoms with Crippen molar-refractivity contribution in [3.05, 3.63) is 24.0 Å². The highest BCUT2D eigenvalue weighted by Gasteiger charge is 2.17. The van der Waals surface area contributed by atoms with Gasteiger partial charge in [0.25, 0.3) is 0 Å². The van der Waals surface area contributed by atoms with Crippen molar-refractivity contribution < 1.29 is 17.3 Å². The Hall–Kier alpha value is -1.18. The summed E-state index contributed by atoms with van der Waals surface area (Å²) >= 11 is 0. The zero-order valence-corrected chi connectivity index (χ0v) is 9.53. The van der Waals surface area contributed by atoms with Gasteiger partial charge in [0.2, 0.25) is 0 Å². The lowest BCUT2D eigenvalue weighted by atomic mass is 10.3. The average molecular weight is 244 g/mol. The summed E-state index contributed by atoms with van der Waals surface area (Å²) in [6.45, 7) is 1.43. The van der Waals surface area contributed by atoms with Gasteiger partial charge < -0.3 is 8.92 Å². The Morgan fingerprint density at radius 1 is 1.56 bits per heavy atom. The lowest BCUT2D eigenvalue weighted by Crippen LogP contribution is -2.15. The molecule has 16 heavy (non-hydrogen) atoms. The third-order valence-corrected chi connectivity index (χ3v) is 2.49. The first kappa shape index (κ1) is 11.3. The van der Waals surface area contributed by atoms with Crippen LogP contribution in [0.25, 0.3) is 0 Å². The Kier molecular flexibility index (Phi) is 3.08. The lowest BCUT2D eigenvalue weighted by molar-refractivity contribution is 0.0985. The average Bonchev–Trinajstić information content (AvgIpc) is 2.69. The minimum Gasteiger partial charge on any atom is -0.381 e. The molecular weight excluding hydrogens is 232 g/mol. The molecular formula is C9H12N2O4S. The Labute approximate surface area is 93.7 Å². The summed E-state index contributed by atoms with van der Waals surface area (Å²) in [6, 6.07) is 3.22. The van der Waals surface area contributed by atoms with Crippen molar-refractivity contribution in [1.82, 2.24) is 10.3 Å². The van der Waals surface area contributed by atoms with Crippen molar-refractivity contribution >= 4 is 10.1 Å². The standard InChI is InChI=1S/C9H12N2O4S/c1-16(12,13)15-7-2-3-8(11-6-7)9-10-4-5-14-9/h2-3,6,9-10H,4-5H2,1H3. The van der Waals surface area contributed by atoms with Crippen molar-refractivity contribution in [1.29, 1.82) is 0 Å². The molecule has 1 saturated heterocycles. The SMILES string of the molecule is CS(=O)(=O)Oc1ccc(C2NCCO2)nc1. The molecule has 0 aliphatic carbocycles. The van der Waals surface area contributed by atoms with E-state index in [9.17, 15) is 8.42 Å². The van der Waals surface area contributed by atoms with Crippen molar-refractivity contribution in [3.8, 4) is 5.75 Å². The molecule has 1 N–H and O–H groups in total. The molecule has 1 aromatic heterocycles. The van der Waals surface area contributed by atoms with Crippen LogP contribution in [0.3, 0.4) is 0 Å². The molecule has 1 aliphatic rings. The molecule has 88 valence electrons. The first-order valence-corrected chi connectivity index (χ1v) is 6.57. The van der Waals surface area contributed by atoms with Crippen LogP contribution in [0.5, 0.6) is 5.75 Å². The number of rotatable bonds is 3. The lowest BCUT2D eigenvalue weighted by Gasteiger charge is -2.09. The largest absolute Gasteiger partial charge is 0.381 e. The fourth-order valence-corrected chi connectivity index (χ4v) is 1.83. The van der Waals surface area contributed by atoms with Crippen LogP contribution in [0, 0.1) is 0 Å². The number of pyridine rings is 1. The Morgan fingerprint density at radius 3 is 2.88 bits per heavy atom. The van der Waals surface area contributed by atoms with Crippen molar-refractivity contribution in [2.24, 2.45) is 0 Å². The second kappa shape index (κ2) is 4.36. The highest BCUT2D eigenvalue weighted by molar-refractivity contribution is 7.86. The van der Waals surface area contributed by atoms with Gasteiger partial charge in [-0.1, -0.05) is 0 Å². The van der Waals surface area contributed by atoms with Crippen molar-refractivity contribution in [2.45, 2.75) is 6.23 Å². The summed E-state index contributed by atoms with van der Waals surface area (Å²) in [5.41, 5.74) is 0.707. The fourth-order valence-electron chi connectivity index (χ4n) is 1.39. The van der Waals surface area contributed by atoms with Crippen LogP contribution >= 0.6 is 0 Å². The van der Waals surface area contributed by atoms with Gasteiger partial charge in [0.05, 0.1) is 24.8 Å². The monoisotopic (exact) mass is 244 g/mol. The van der Waals surface area contributed by atoms with Gasteiger partial charge in [0.15, 0.2) is 12.0 Å². The van der Waals surface area contributed by atoms with Crippen LogP contribution in [0.4, 0.5) is 0 Å². The van der Waals surface area contributed by atoms with Gasteiger partial charge in [-0.15, -0.1) is 0 Å². The van der Waals surface area contributed by atoms with E-state index < -0.39 is 10.1 Å². The van der Waals surface area contributed by atoms with Crippen LogP contribution in [0.1, 0.15) is 11.9 Å². The van der Waals surface area contributed by atoms with Gasteiger partial charge in [0.1, 0.15) is 0 Å².